The van der Waals surface area contributed by atoms with Gasteiger partial charge in [0.25, 0.3) is 0 Å². The van der Waals surface area contributed by atoms with E-state index in [0.717, 1.165) is 10.8 Å². The zero-order chi connectivity index (χ0) is 8.55. The van der Waals surface area contributed by atoms with Crippen molar-refractivity contribution >= 4 is 22.4 Å². The molecular formula is C9H6ClNO. The summed E-state index contributed by atoms with van der Waals surface area (Å²) in [5.74, 6) is 0.228. The molecular weight excluding hydrogens is 174 g/mol. The fourth-order valence-electron chi connectivity index (χ4n) is 1.13. The maximum absolute atomic E-state index is 9.15. The normalized spacial score (nSPS) is 10.4. The highest BCUT2D eigenvalue weighted by Gasteiger charge is 1.98. The molecule has 0 amide bonds. The largest absolute Gasteiger partial charge is 0.508 e. The molecule has 1 heterocycles. The molecule has 0 aliphatic rings. The number of halogens is 1. The molecule has 0 aliphatic heterocycles. The van der Waals surface area contributed by atoms with Crippen LogP contribution in [-0.2, 0) is 0 Å². The predicted molar refractivity (Wildman–Crippen MR) is 48.4 cm³/mol. The van der Waals surface area contributed by atoms with Crippen LogP contribution in [0.15, 0.2) is 30.6 Å². The van der Waals surface area contributed by atoms with Crippen LogP contribution in [0.3, 0.4) is 0 Å². The van der Waals surface area contributed by atoms with Crippen molar-refractivity contribution < 1.29 is 5.11 Å². The van der Waals surface area contributed by atoms with Crippen molar-refractivity contribution in [3.05, 3.63) is 35.6 Å². The average molecular weight is 180 g/mol. The third kappa shape index (κ3) is 1.10. The van der Waals surface area contributed by atoms with Gasteiger partial charge in [-0.25, -0.2) is 0 Å². The van der Waals surface area contributed by atoms with Crippen molar-refractivity contribution in [2.75, 3.05) is 0 Å². The number of rotatable bonds is 0. The fraction of sp³-hybridized carbons (Fsp3) is 0. The number of phenolic OH excluding ortho intramolecular Hbond substituents is 1. The maximum atomic E-state index is 9.15. The molecule has 1 N–H and O–H groups in total. The van der Waals surface area contributed by atoms with Gasteiger partial charge in [-0.05, 0) is 18.2 Å². The molecule has 2 nitrogen and oxygen atoms in total. The summed E-state index contributed by atoms with van der Waals surface area (Å²) in [4.78, 5) is 3.91. The number of hydrogen-bond acceptors (Lipinski definition) is 2. The van der Waals surface area contributed by atoms with Gasteiger partial charge in [0.2, 0.25) is 0 Å². The quantitative estimate of drug-likeness (QED) is 0.675. The molecule has 0 radical (unpaired) electrons. The van der Waals surface area contributed by atoms with E-state index < -0.39 is 0 Å². The molecule has 0 fully saturated rings. The molecule has 0 atom stereocenters. The molecule has 1 aromatic heterocycles. The van der Waals surface area contributed by atoms with Gasteiger partial charge in [0, 0.05) is 23.2 Å². The topological polar surface area (TPSA) is 33.1 Å². The molecule has 0 unspecified atom stereocenters. The van der Waals surface area contributed by atoms with Gasteiger partial charge in [-0.2, -0.15) is 0 Å². The number of benzene rings is 1. The van der Waals surface area contributed by atoms with Gasteiger partial charge in [-0.1, -0.05) is 11.6 Å². The van der Waals surface area contributed by atoms with Crippen LogP contribution in [0.2, 0.25) is 5.02 Å². The van der Waals surface area contributed by atoms with Gasteiger partial charge in [-0.15, -0.1) is 0 Å². The summed E-state index contributed by atoms with van der Waals surface area (Å²) in [5.41, 5.74) is 0. The van der Waals surface area contributed by atoms with Gasteiger partial charge in [0.1, 0.15) is 5.75 Å². The second-order valence-corrected chi connectivity index (χ2v) is 2.93. The Bertz CT molecular complexity index is 428. The minimum atomic E-state index is 0.228. The monoisotopic (exact) mass is 179 g/mol. The molecule has 60 valence electrons. The highest BCUT2D eigenvalue weighted by atomic mass is 35.5. The molecule has 1 aromatic carbocycles. The molecule has 3 heteroatoms. The Balaban J connectivity index is 2.86. The Morgan fingerprint density at radius 2 is 2.08 bits per heavy atom. The van der Waals surface area contributed by atoms with E-state index in [2.05, 4.69) is 4.98 Å². The Morgan fingerprint density at radius 3 is 2.92 bits per heavy atom. The van der Waals surface area contributed by atoms with E-state index in [1.165, 1.54) is 0 Å². The summed E-state index contributed by atoms with van der Waals surface area (Å²) in [5, 5.41) is 11.5. The number of aromatic nitrogens is 1. The van der Waals surface area contributed by atoms with E-state index in [-0.39, 0.29) is 5.75 Å². The van der Waals surface area contributed by atoms with Crippen LogP contribution < -0.4 is 0 Å². The van der Waals surface area contributed by atoms with Gasteiger partial charge in [-0.3, -0.25) is 4.98 Å². The van der Waals surface area contributed by atoms with Crippen LogP contribution in [0.1, 0.15) is 0 Å². The van der Waals surface area contributed by atoms with Crippen LogP contribution in [0.5, 0.6) is 5.75 Å². The van der Waals surface area contributed by atoms with E-state index in [4.69, 9.17) is 16.7 Å². The summed E-state index contributed by atoms with van der Waals surface area (Å²) < 4.78 is 0. The van der Waals surface area contributed by atoms with E-state index >= 15 is 0 Å². The third-order valence-electron chi connectivity index (χ3n) is 1.69. The lowest BCUT2D eigenvalue weighted by molar-refractivity contribution is 0.476. The van der Waals surface area contributed by atoms with Crippen molar-refractivity contribution in [2.45, 2.75) is 0 Å². The summed E-state index contributed by atoms with van der Waals surface area (Å²) in [7, 11) is 0. The molecule has 12 heavy (non-hydrogen) atoms. The van der Waals surface area contributed by atoms with E-state index in [1.54, 1.807) is 30.6 Å². The van der Waals surface area contributed by atoms with Crippen molar-refractivity contribution in [3.8, 4) is 5.75 Å². The van der Waals surface area contributed by atoms with Crippen LogP contribution in [0.4, 0.5) is 0 Å². The number of fused-ring (bicyclic) bond motifs is 1. The molecule has 0 saturated carbocycles. The van der Waals surface area contributed by atoms with Crippen molar-refractivity contribution in [2.24, 2.45) is 0 Å². The maximum Gasteiger partial charge on any atom is 0.116 e. The number of hydrogen-bond donors (Lipinski definition) is 1. The van der Waals surface area contributed by atoms with Crippen molar-refractivity contribution in [3.63, 3.8) is 0 Å². The average Bonchev–Trinajstić information content (AvgIpc) is 2.04. The first kappa shape index (κ1) is 7.37. The summed E-state index contributed by atoms with van der Waals surface area (Å²) in [6.45, 7) is 0. The predicted octanol–water partition coefficient (Wildman–Crippen LogP) is 2.59. The van der Waals surface area contributed by atoms with Crippen LogP contribution >= 0.6 is 11.6 Å². The zero-order valence-corrected chi connectivity index (χ0v) is 6.92. The minimum absolute atomic E-state index is 0.228. The van der Waals surface area contributed by atoms with Crippen molar-refractivity contribution in [1.82, 2.24) is 4.98 Å². The second kappa shape index (κ2) is 2.64. The van der Waals surface area contributed by atoms with Gasteiger partial charge in [0.15, 0.2) is 0 Å². The van der Waals surface area contributed by atoms with Crippen LogP contribution in [0, 0.1) is 0 Å². The Labute approximate surface area is 74.4 Å². The lowest BCUT2D eigenvalue weighted by atomic mass is 10.2. The number of nitrogens with zero attached hydrogens (tertiary/aromatic N) is 1. The highest BCUT2D eigenvalue weighted by Crippen LogP contribution is 2.24. The third-order valence-corrected chi connectivity index (χ3v) is 2.00. The molecule has 2 aromatic rings. The smallest absolute Gasteiger partial charge is 0.116 e. The lowest BCUT2D eigenvalue weighted by Gasteiger charge is -1.98. The zero-order valence-electron chi connectivity index (χ0n) is 6.16. The summed E-state index contributed by atoms with van der Waals surface area (Å²) >= 11 is 5.87. The molecule has 0 saturated heterocycles. The molecule has 0 aliphatic carbocycles. The molecule has 0 spiro atoms. The summed E-state index contributed by atoms with van der Waals surface area (Å²) in [6.07, 6.45) is 3.25. The summed E-state index contributed by atoms with van der Waals surface area (Å²) in [6, 6.07) is 5.01. The standard InChI is InChI=1S/C9H6ClNO/c10-9-5-11-4-6-3-7(12)1-2-8(6)9/h1-5,12H. The molecule has 2 rings (SSSR count). The number of phenols is 1. The number of aromatic hydroxyl groups is 1. The van der Waals surface area contributed by atoms with Crippen molar-refractivity contribution in [1.29, 1.82) is 0 Å². The number of pyridine rings is 1. The first-order chi connectivity index (χ1) is 5.77. The molecule has 0 bridgehead atoms. The van der Waals surface area contributed by atoms with E-state index in [1.807, 2.05) is 0 Å². The Kier molecular flexibility index (Phi) is 1.62. The highest BCUT2D eigenvalue weighted by molar-refractivity contribution is 6.35. The van der Waals surface area contributed by atoms with Gasteiger partial charge < -0.3 is 5.11 Å². The SMILES string of the molecule is Oc1ccc2c(Cl)cncc2c1. The van der Waals surface area contributed by atoms with Gasteiger partial charge in [0.05, 0.1) is 5.02 Å². The van der Waals surface area contributed by atoms with E-state index in [9.17, 15) is 0 Å². The second-order valence-electron chi connectivity index (χ2n) is 2.53. The van der Waals surface area contributed by atoms with Crippen LogP contribution in [0.25, 0.3) is 10.8 Å². The minimum Gasteiger partial charge on any atom is -0.508 e. The van der Waals surface area contributed by atoms with E-state index in [0.29, 0.717) is 5.02 Å². The Morgan fingerprint density at radius 1 is 1.25 bits per heavy atom. The Hall–Kier alpha value is -1.28. The van der Waals surface area contributed by atoms with Crippen LogP contribution in [-0.4, -0.2) is 10.1 Å². The lowest BCUT2D eigenvalue weighted by Crippen LogP contribution is -1.76. The van der Waals surface area contributed by atoms with Gasteiger partial charge >= 0.3 is 0 Å². The first-order valence-electron chi connectivity index (χ1n) is 3.49. The first-order valence-corrected chi connectivity index (χ1v) is 3.87. The fourth-order valence-corrected chi connectivity index (χ4v) is 1.36.